The standard InChI is InChI=1S/C16H25FN2/c1-3-18-11-14-8-15(17)10-16(9-14)19(4-2)12-13-6-5-7-13/h8-10,13,18H,3-7,11-12H2,1-2H3. The first-order valence-corrected chi connectivity index (χ1v) is 7.48. The van der Waals surface area contributed by atoms with Gasteiger partial charge in [0.2, 0.25) is 0 Å². The third kappa shape index (κ3) is 3.93. The number of benzene rings is 1. The molecule has 0 atom stereocenters. The van der Waals surface area contributed by atoms with Crippen molar-refractivity contribution in [3.05, 3.63) is 29.6 Å². The first-order chi connectivity index (χ1) is 9.22. The Balaban J connectivity index is 2.08. The molecule has 2 rings (SSSR count). The predicted molar refractivity (Wildman–Crippen MR) is 79.0 cm³/mol. The fourth-order valence-electron chi connectivity index (χ4n) is 2.59. The lowest BCUT2D eigenvalue weighted by molar-refractivity contribution is 0.318. The van der Waals surface area contributed by atoms with E-state index in [4.69, 9.17) is 0 Å². The third-order valence-electron chi connectivity index (χ3n) is 3.97. The molecule has 1 fully saturated rings. The highest BCUT2D eigenvalue weighted by atomic mass is 19.1. The molecule has 1 aliphatic rings. The molecule has 0 unspecified atom stereocenters. The highest BCUT2D eigenvalue weighted by molar-refractivity contribution is 5.49. The van der Waals surface area contributed by atoms with Gasteiger partial charge in [-0.25, -0.2) is 4.39 Å². The summed E-state index contributed by atoms with van der Waals surface area (Å²) < 4.78 is 13.7. The topological polar surface area (TPSA) is 15.3 Å². The van der Waals surface area contributed by atoms with Crippen LogP contribution in [0.3, 0.4) is 0 Å². The van der Waals surface area contributed by atoms with Crippen LogP contribution >= 0.6 is 0 Å². The maximum Gasteiger partial charge on any atom is 0.125 e. The molecule has 0 bridgehead atoms. The minimum Gasteiger partial charge on any atom is -0.371 e. The highest BCUT2D eigenvalue weighted by Crippen LogP contribution is 2.29. The first-order valence-electron chi connectivity index (χ1n) is 7.48. The number of nitrogens with zero attached hydrogens (tertiary/aromatic N) is 1. The van der Waals surface area contributed by atoms with Gasteiger partial charge < -0.3 is 10.2 Å². The van der Waals surface area contributed by atoms with Crippen molar-refractivity contribution < 1.29 is 4.39 Å². The molecule has 1 saturated carbocycles. The van der Waals surface area contributed by atoms with Crippen LogP contribution in [-0.2, 0) is 6.54 Å². The third-order valence-corrected chi connectivity index (χ3v) is 3.97. The molecule has 1 aromatic carbocycles. The van der Waals surface area contributed by atoms with Crippen LogP contribution in [0.1, 0.15) is 38.7 Å². The number of hydrogen-bond acceptors (Lipinski definition) is 2. The van der Waals surface area contributed by atoms with Gasteiger partial charge in [-0.3, -0.25) is 0 Å². The Morgan fingerprint density at radius 2 is 2.05 bits per heavy atom. The molecule has 3 heteroatoms. The van der Waals surface area contributed by atoms with Crippen molar-refractivity contribution in [3.63, 3.8) is 0 Å². The van der Waals surface area contributed by atoms with E-state index in [0.29, 0.717) is 0 Å². The van der Waals surface area contributed by atoms with Crippen molar-refractivity contribution in [1.82, 2.24) is 5.32 Å². The van der Waals surface area contributed by atoms with Crippen LogP contribution in [0.15, 0.2) is 18.2 Å². The van der Waals surface area contributed by atoms with E-state index in [1.807, 2.05) is 0 Å². The van der Waals surface area contributed by atoms with Crippen LogP contribution < -0.4 is 10.2 Å². The normalized spacial score (nSPS) is 15.3. The van der Waals surface area contributed by atoms with E-state index in [1.165, 1.54) is 19.3 Å². The van der Waals surface area contributed by atoms with Gasteiger partial charge in [0, 0.05) is 25.3 Å². The van der Waals surface area contributed by atoms with E-state index in [9.17, 15) is 4.39 Å². The molecule has 2 nitrogen and oxygen atoms in total. The summed E-state index contributed by atoms with van der Waals surface area (Å²) in [6.45, 7) is 7.87. The molecule has 0 aromatic heterocycles. The van der Waals surface area contributed by atoms with Gasteiger partial charge in [-0.1, -0.05) is 13.3 Å². The summed E-state index contributed by atoms with van der Waals surface area (Å²) in [7, 11) is 0. The molecule has 1 N–H and O–H groups in total. The van der Waals surface area contributed by atoms with Gasteiger partial charge in [0.1, 0.15) is 5.82 Å². The van der Waals surface area contributed by atoms with Crippen molar-refractivity contribution >= 4 is 5.69 Å². The molecule has 0 aliphatic heterocycles. The summed E-state index contributed by atoms with van der Waals surface area (Å²) in [6, 6.07) is 5.41. The summed E-state index contributed by atoms with van der Waals surface area (Å²) in [5.74, 6) is 0.679. The van der Waals surface area contributed by atoms with Gasteiger partial charge in [-0.2, -0.15) is 0 Å². The first kappa shape index (κ1) is 14.3. The van der Waals surface area contributed by atoms with Crippen LogP contribution in [0.25, 0.3) is 0 Å². The molecule has 0 amide bonds. The molecular formula is C16H25FN2. The minimum absolute atomic E-state index is 0.127. The van der Waals surface area contributed by atoms with E-state index in [-0.39, 0.29) is 5.82 Å². The van der Waals surface area contributed by atoms with Crippen molar-refractivity contribution in [2.24, 2.45) is 5.92 Å². The maximum absolute atomic E-state index is 13.7. The van der Waals surface area contributed by atoms with Gasteiger partial charge in [0.15, 0.2) is 0 Å². The Bertz CT molecular complexity index is 402. The zero-order valence-electron chi connectivity index (χ0n) is 12.1. The van der Waals surface area contributed by atoms with E-state index >= 15 is 0 Å². The van der Waals surface area contributed by atoms with E-state index in [2.05, 4.69) is 30.1 Å². The molecule has 1 aliphatic carbocycles. The Morgan fingerprint density at radius 3 is 2.63 bits per heavy atom. The molecule has 0 spiro atoms. The lowest BCUT2D eigenvalue weighted by atomic mass is 9.85. The second kappa shape index (κ2) is 6.90. The lowest BCUT2D eigenvalue weighted by Gasteiger charge is -2.33. The van der Waals surface area contributed by atoms with Crippen LogP contribution in [-0.4, -0.2) is 19.6 Å². The zero-order chi connectivity index (χ0) is 13.7. The second-order valence-corrected chi connectivity index (χ2v) is 5.43. The summed E-state index contributed by atoms with van der Waals surface area (Å²) >= 11 is 0. The number of hydrogen-bond donors (Lipinski definition) is 1. The Kier molecular flexibility index (Phi) is 5.20. The van der Waals surface area contributed by atoms with Crippen molar-refractivity contribution in [1.29, 1.82) is 0 Å². The largest absolute Gasteiger partial charge is 0.371 e. The van der Waals surface area contributed by atoms with Crippen LogP contribution in [0, 0.1) is 11.7 Å². The van der Waals surface area contributed by atoms with Crippen LogP contribution in [0.2, 0.25) is 0 Å². The SMILES string of the molecule is CCNCc1cc(F)cc(N(CC)CC2CCC2)c1. The Morgan fingerprint density at radius 1 is 1.26 bits per heavy atom. The molecule has 106 valence electrons. The zero-order valence-corrected chi connectivity index (χ0v) is 12.1. The minimum atomic E-state index is -0.127. The Hall–Kier alpha value is -1.09. The average molecular weight is 264 g/mol. The fraction of sp³-hybridized carbons (Fsp3) is 0.625. The predicted octanol–water partition coefficient (Wildman–Crippen LogP) is 3.56. The van der Waals surface area contributed by atoms with Gasteiger partial charge in [-0.15, -0.1) is 0 Å². The number of anilines is 1. The van der Waals surface area contributed by atoms with Gasteiger partial charge in [0.25, 0.3) is 0 Å². The average Bonchev–Trinajstić information content (AvgIpc) is 2.34. The van der Waals surface area contributed by atoms with Crippen molar-refractivity contribution in [2.45, 2.75) is 39.7 Å². The molecule has 19 heavy (non-hydrogen) atoms. The van der Waals surface area contributed by atoms with Crippen molar-refractivity contribution in [2.75, 3.05) is 24.5 Å². The Labute approximate surface area is 116 Å². The van der Waals surface area contributed by atoms with Gasteiger partial charge in [-0.05, 0) is 56.0 Å². The summed E-state index contributed by atoms with van der Waals surface area (Å²) in [6.07, 6.45) is 4.02. The summed E-state index contributed by atoms with van der Waals surface area (Å²) in [5.41, 5.74) is 2.06. The van der Waals surface area contributed by atoms with Crippen LogP contribution in [0.4, 0.5) is 10.1 Å². The second-order valence-electron chi connectivity index (χ2n) is 5.43. The number of rotatable bonds is 7. The molecular weight excluding hydrogens is 239 g/mol. The van der Waals surface area contributed by atoms with E-state index in [1.54, 1.807) is 12.1 Å². The molecule has 1 aromatic rings. The van der Waals surface area contributed by atoms with Crippen LogP contribution in [0.5, 0.6) is 0 Å². The fourth-order valence-corrected chi connectivity index (χ4v) is 2.59. The summed E-state index contributed by atoms with van der Waals surface area (Å²) in [4.78, 5) is 2.31. The number of halogens is 1. The van der Waals surface area contributed by atoms with E-state index in [0.717, 1.165) is 43.3 Å². The summed E-state index contributed by atoms with van der Waals surface area (Å²) in [5, 5.41) is 3.25. The van der Waals surface area contributed by atoms with Gasteiger partial charge in [0.05, 0.1) is 0 Å². The molecule has 0 heterocycles. The van der Waals surface area contributed by atoms with E-state index < -0.39 is 0 Å². The van der Waals surface area contributed by atoms with Crippen molar-refractivity contribution in [3.8, 4) is 0 Å². The van der Waals surface area contributed by atoms with Gasteiger partial charge >= 0.3 is 0 Å². The highest BCUT2D eigenvalue weighted by Gasteiger charge is 2.20. The monoisotopic (exact) mass is 264 g/mol. The maximum atomic E-state index is 13.7. The lowest BCUT2D eigenvalue weighted by Crippen LogP contribution is -2.32. The quantitative estimate of drug-likeness (QED) is 0.810. The smallest absolute Gasteiger partial charge is 0.125 e. The molecule has 0 radical (unpaired) electrons. The molecule has 0 saturated heterocycles. The number of nitrogens with one attached hydrogen (secondary N) is 1.